The van der Waals surface area contributed by atoms with Crippen LogP contribution in [0.25, 0.3) is 21.8 Å². The van der Waals surface area contributed by atoms with Crippen LogP contribution in [0.15, 0.2) is 109 Å². The zero-order valence-electron chi connectivity index (χ0n) is 15.4. The zero-order chi connectivity index (χ0) is 18.3. The Morgan fingerprint density at radius 3 is 1.82 bits per heavy atom. The van der Waals surface area contributed by atoms with Crippen LogP contribution in [0.5, 0.6) is 0 Å². The van der Waals surface area contributed by atoms with Crippen molar-refractivity contribution in [1.29, 1.82) is 0 Å². The molecule has 0 aliphatic rings. The van der Waals surface area contributed by atoms with E-state index in [2.05, 4.69) is 88.8 Å². The molecule has 3 aromatic carbocycles. The molecule has 0 amide bonds. The van der Waals surface area contributed by atoms with E-state index in [0.717, 1.165) is 28.2 Å². The molecule has 0 spiro atoms. The summed E-state index contributed by atoms with van der Waals surface area (Å²) in [5.74, 6) is 0. The summed E-state index contributed by atoms with van der Waals surface area (Å²) >= 11 is 0. The van der Waals surface area contributed by atoms with Gasteiger partial charge in [-0.25, -0.2) is 0 Å². The van der Waals surface area contributed by atoms with E-state index in [9.17, 15) is 0 Å². The predicted octanol–water partition coefficient (Wildman–Crippen LogP) is 6.06. The number of benzene rings is 3. The Morgan fingerprint density at radius 2 is 1.14 bits per heavy atom. The molecule has 2 nitrogen and oxygen atoms in total. The van der Waals surface area contributed by atoms with Crippen LogP contribution in [0.1, 0.15) is 11.1 Å². The first-order valence-corrected chi connectivity index (χ1v) is 9.06. The number of hydrogen-bond acceptors (Lipinski definition) is 2. The van der Waals surface area contributed by atoms with Crippen molar-refractivity contribution in [2.75, 3.05) is 0 Å². The third-order valence-corrected chi connectivity index (χ3v) is 4.45. The van der Waals surface area contributed by atoms with Crippen molar-refractivity contribution in [3.8, 4) is 0 Å². The molecule has 0 fully saturated rings. The minimum absolute atomic E-state index is 0. The second-order valence-corrected chi connectivity index (χ2v) is 6.36. The van der Waals surface area contributed by atoms with Gasteiger partial charge >= 0.3 is 0 Å². The van der Waals surface area contributed by atoms with Crippen LogP contribution >= 0.6 is 0 Å². The van der Waals surface area contributed by atoms with Crippen molar-refractivity contribution in [3.05, 3.63) is 121 Å². The molecule has 2 aromatic heterocycles. The van der Waals surface area contributed by atoms with E-state index in [4.69, 9.17) is 0 Å². The fraction of sp³-hybridized carbons (Fsp3) is 0.0400. The van der Waals surface area contributed by atoms with Crippen molar-refractivity contribution < 1.29 is 49.4 Å². The van der Waals surface area contributed by atoms with Crippen molar-refractivity contribution in [2.24, 2.45) is 0 Å². The molecule has 1 radical (unpaired) electrons. The van der Waals surface area contributed by atoms with Gasteiger partial charge < -0.3 is 0 Å². The second kappa shape index (κ2) is 10.6. The molecule has 0 bridgehead atoms. The number of fused-ring (bicyclic) bond motifs is 3. The Hall–Kier alpha value is -1.94. The largest absolute Gasteiger partial charge is 0.256 e. The van der Waals surface area contributed by atoms with E-state index in [-0.39, 0.29) is 49.4 Å². The maximum Gasteiger partial charge on any atom is 0.0795 e. The van der Waals surface area contributed by atoms with Crippen LogP contribution in [0.4, 0.5) is 0 Å². The molecule has 0 atom stereocenters. The Morgan fingerprint density at radius 1 is 0.536 bits per heavy atom. The predicted molar refractivity (Wildman–Crippen MR) is 113 cm³/mol. The van der Waals surface area contributed by atoms with Gasteiger partial charge in [0.25, 0.3) is 0 Å². The third-order valence-electron chi connectivity index (χ3n) is 4.45. The van der Waals surface area contributed by atoms with Gasteiger partial charge in [-0.3, -0.25) is 9.97 Å². The van der Waals surface area contributed by atoms with E-state index in [1.807, 2.05) is 24.4 Å². The van der Waals surface area contributed by atoms with Gasteiger partial charge in [0.1, 0.15) is 0 Å². The number of rotatable bonds is 2. The maximum atomic E-state index is 4.37. The van der Waals surface area contributed by atoms with Crippen LogP contribution in [-0.4, -0.2) is 9.97 Å². The SMILES string of the molecule is [Eu].c1ccc(Cc2ccccc2)cc1.c1cnc2c(c1)ccc1ncccc12. The summed E-state index contributed by atoms with van der Waals surface area (Å²) in [6.45, 7) is 0. The summed E-state index contributed by atoms with van der Waals surface area (Å²) in [5, 5.41) is 2.28. The number of pyridine rings is 2. The molecule has 28 heavy (non-hydrogen) atoms. The Balaban J connectivity index is 0.000000156. The molecule has 5 rings (SSSR count). The summed E-state index contributed by atoms with van der Waals surface area (Å²) in [6.07, 6.45) is 4.65. The normalized spacial score (nSPS) is 10.0. The van der Waals surface area contributed by atoms with Crippen molar-refractivity contribution in [3.63, 3.8) is 0 Å². The quantitative estimate of drug-likeness (QED) is 0.276. The molecular formula is C25H20EuN2. The fourth-order valence-corrected chi connectivity index (χ4v) is 3.12. The van der Waals surface area contributed by atoms with Crippen molar-refractivity contribution >= 4 is 21.8 Å². The van der Waals surface area contributed by atoms with Crippen LogP contribution in [-0.2, 0) is 6.42 Å². The second-order valence-electron chi connectivity index (χ2n) is 6.36. The Bertz CT molecular complexity index is 1050. The summed E-state index contributed by atoms with van der Waals surface area (Å²) < 4.78 is 0. The van der Waals surface area contributed by atoms with E-state index in [1.165, 1.54) is 11.1 Å². The van der Waals surface area contributed by atoms with Crippen LogP contribution in [0.3, 0.4) is 0 Å². The van der Waals surface area contributed by atoms with Gasteiger partial charge in [0, 0.05) is 72.5 Å². The molecule has 0 aliphatic heterocycles. The van der Waals surface area contributed by atoms with Crippen molar-refractivity contribution in [1.82, 2.24) is 9.97 Å². The van der Waals surface area contributed by atoms with Crippen LogP contribution < -0.4 is 0 Å². The average molecular weight is 500 g/mol. The van der Waals surface area contributed by atoms with Gasteiger partial charge in [-0.05, 0) is 41.8 Å². The topological polar surface area (TPSA) is 25.8 Å². The smallest absolute Gasteiger partial charge is 0.0795 e. The van der Waals surface area contributed by atoms with E-state index < -0.39 is 0 Å². The summed E-state index contributed by atoms with van der Waals surface area (Å²) in [4.78, 5) is 8.66. The standard InChI is InChI=1S/C13H12.C12H8N2.Eu/c1-3-7-12(8-4-1)11-13-9-5-2-6-10-13;1-3-9-5-6-11-10(4-2-7-13-11)12(9)14-8-1;/h1-10H,11H2;1-8H;. The fourth-order valence-electron chi connectivity index (χ4n) is 3.12. The molecule has 0 N–H and O–H groups in total. The minimum atomic E-state index is 0. The summed E-state index contributed by atoms with van der Waals surface area (Å²) in [6, 6.07) is 33.2. The first-order valence-electron chi connectivity index (χ1n) is 9.06. The van der Waals surface area contributed by atoms with Gasteiger partial charge in [-0.15, -0.1) is 0 Å². The number of nitrogens with zero attached hydrogens (tertiary/aromatic N) is 2. The Labute approximate surface area is 206 Å². The molecule has 0 unspecified atom stereocenters. The van der Waals surface area contributed by atoms with Gasteiger partial charge in [-0.1, -0.05) is 72.8 Å². The molecule has 0 aliphatic carbocycles. The van der Waals surface area contributed by atoms with E-state index in [0.29, 0.717) is 0 Å². The Kier molecular flexibility index (Phi) is 7.84. The molecule has 137 valence electrons. The molecule has 0 saturated carbocycles. The first kappa shape index (κ1) is 20.8. The van der Waals surface area contributed by atoms with Gasteiger partial charge in [0.05, 0.1) is 11.0 Å². The monoisotopic (exact) mass is 501 g/mol. The van der Waals surface area contributed by atoms with Crippen LogP contribution in [0.2, 0.25) is 0 Å². The average Bonchev–Trinajstić information content (AvgIpc) is 2.76. The van der Waals surface area contributed by atoms with Crippen LogP contribution in [0, 0.1) is 49.4 Å². The van der Waals surface area contributed by atoms with Gasteiger partial charge in [0.2, 0.25) is 0 Å². The summed E-state index contributed by atoms with van der Waals surface area (Å²) in [5.41, 5.74) is 4.76. The molecule has 5 aromatic rings. The van der Waals surface area contributed by atoms with E-state index in [1.54, 1.807) is 6.20 Å². The molecule has 0 saturated heterocycles. The third kappa shape index (κ3) is 5.32. The van der Waals surface area contributed by atoms with Crippen molar-refractivity contribution in [2.45, 2.75) is 6.42 Å². The molecule has 2 heterocycles. The minimum Gasteiger partial charge on any atom is -0.256 e. The maximum absolute atomic E-state index is 4.37. The summed E-state index contributed by atoms with van der Waals surface area (Å²) in [7, 11) is 0. The van der Waals surface area contributed by atoms with Gasteiger partial charge in [0.15, 0.2) is 0 Å². The van der Waals surface area contributed by atoms with Gasteiger partial charge in [-0.2, -0.15) is 0 Å². The molecule has 3 heteroatoms. The number of aromatic nitrogens is 2. The van der Waals surface area contributed by atoms with E-state index >= 15 is 0 Å². The zero-order valence-corrected chi connectivity index (χ0v) is 17.8. The number of hydrogen-bond donors (Lipinski definition) is 0. The first-order chi connectivity index (χ1) is 13.4. The molecular weight excluding hydrogens is 480 g/mol.